The Labute approximate surface area is 97.5 Å². The normalized spacial score (nSPS) is 21.2. The van der Waals surface area contributed by atoms with E-state index in [0.29, 0.717) is 25.6 Å². The van der Waals surface area contributed by atoms with Crippen molar-refractivity contribution in [1.29, 1.82) is 0 Å². The zero-order valence-electron chi connectivity index (χ0n) is 10.3. The Balaban J connectivity index is 1.96. The van der Waals surface area contributed by atoms with Crippen LogP contribution >= 0.6 is 0 Å². The average molecular weight is 229 g/mol. The summed E-state index contributed by atoms with van der Waals surface area (Å²) in [5, 5.41) is 6.20. The molecule has 0 radical (unpaired) electrons. The first-order valence-corrected chi connectivity index (χ1v) is 5.90. The quantitative estimate of drug-likeness (QED) is 0.574. The van der Waals surface area contributed by atoms with Gasteiger partial charge in [0.1, 0.15) is 0 Å². The van der Waals surface area contributed by atoms with Crippen molar-refractivity contribution in [3.05, 3.63) is 0 Å². The SMILES string of the molecule is COCCNC(=O)CCNC1CCN(C)C1. The molecule has 0 aromatic carbocycles. The van der Waals surface area contributed by atoms with Crippen molar-refractivity contribution in [2.75, 3.05) is 46.9 Å². The third kappa shape index (κ3) is 5.44. The number of carbonyl (C=O) groups is 1. The van der Waals surface area contributed by atoms with Gasteiger partial charge in [0.25, 0.3) is 0 Å². The van der Waals surface area contributed by atoms with Crippen LogP contribution in [0.2, 0.25) is 0 Å². The molecule has 1 atom stereocenters. The highest BCUT2D eigenvalue weighted by Gasteiger charge is 2.18. The Morgan fingerprint density at radius 2 is 2.31 bits per heavy atom. The second-order valence-electron chi connectivity index (χ2n) is 4.29. The van der Waals surface area contributed by atoms with Crippen LogP contribution in [0.15, 0.2) is 0 Å². The van der Waals surface area contributed by atoms with Gasteiger partial charge in [0.05, 0.1) is 6.61 Å². The Hall–Kier alpha value is -0.650. The third-order valence-corrected chi connectivity index (χ3v) is 2.80. The number of likely N-dealkylation sites (N-methyl/N-ethyl adjacent to an activating group) is 1. The lowest BCUT2D eigenvalue weighted by Crippen LogP contribution is -2.35. The summed E-state index contributed by atoms with van der Waals surface area (Å²) in [4.78, 5) is 13.6. The molecule has 2 N–H and O–H groups in total. The van der Waals surface area contributed by atoms with Gasteiger partial charge in [-0.2, -0.15) is 0 Å². The highest BCUT2D eigenvalue weighted by molar-refractivity contribution is 5.76. The van der Waals surface area contributed by atoms with Gasteiger partial charge >= 0.3 is 0 Å². The van der Waals surface area contributed by atoms with Crippen LogP contribution in [0.25, 0.3) is 0 Å². The zero-order chi connectivity index (χ0) is 11.8. The molecule has 1 amide bonds. The molecular weight excluding hydrogens is 206 g/mol. The first-order chi connectivity index (χ1) is 7.72. The molecule has 0 aromatic heterocycles. The van der Waals surface area contributed by atoms with Crippen molar-refractivity contribution in [3.63, 3.8) is 0 Å². The van der Waals surface area contributed by atoms with Gasteiger partial charge in [-0.1, -0.05) is 0 Å². The van der Waals surface area contributed by atoms with Crippen molar-refractivity contribution in [3.8, 4) is 0 Å². The second-order valence-corrected chi connectivity index (χ2v) is 4.29. The maximum atomic E-state index is 11.3. The van der Waals surface area contributed by atoms with Gasteiger partial charge in [0, 0.05) is 39.2 Å². The lowest BCUT2D eigenvalue weighted by Gasteiger charge is -2.12. The van der Waals surface area contributed by atoms with Gasteiger partial charge in [0.15, 0.2) is 0 Å². The van der Waals surface area contributed by atoms with Gasteiger partial charge in [-0.15, -0.1) is 0 Å². The van der Waals surface area contributed by atoms with Crippen LogP contribution in [0, 0.1) is 0 Å². The minimum Gasteiger partial charge on any atom is -0.383 e. The number of ether oxygens (including phenoxy) is 1. The first-order valence-electron chi connectivity index (χ1n) is 5.90. The summed E-state index contributed by atoms with van der Waals surface area (Å²) < 4.78 is 4.85. The molecule has 0 saturated carbocycles. The second kappa shape index (κ2) is 7.60. The number of nitrogens with zero attached hydrogens (tertiary/aromatic N) is 1. The largest absolute Gasteiger partial charge is 0.383 e. The van der Waals surface area contributed by atoms with Crippen LogP contribution in [0.3, 0.4) is 0 Å². The maximum absolute atomic E-state index is 11.3. The number of carbonyl (C=O) groups excluding carboxylic acids is 1. The Morgan fingerprint density at radius 1 is 1.50 bits per heavy atom. The molecule has 0 aliphatic carbocycles. The summed E-state index contributed by atoms with van der Waals surface area (Å²) in [6.45, 7) is 4.18. The van der Waals surface area contributed by atoms with E-state index in [0.717, 1.165) is 19.6 Å². The highest BCUT2D eigenvalue weighted by Crippen LogP contribution is 2.05. The van der Waals surface area contributed by atoms with Crippen LogP contribution in [-0.2, 0) is 9.53 Å². The molecule has 94 valence electrons. The number of hydrogen-bond acceptors (Lipinski definition) is 4. The minimum atomic E-state index is 0.0934. The molecule has 1 heterocycles. The summed E-state index contributed by atoms with van der Waals surface area (Å²) in [6.07, 6.45) is 1.73. The number of hydrogen-bond donors (Lipinski definition) is 2. The molecule has 16 heavy (non-hydrogen) atoms. The highest BCUT2D eigenvalue weighted by atomic mass is 16.5. The lowest BCUT2D eigenvalue weighted by atomic mass is 10.2. The van der Waals surface area contributed by atoms with E-state index >= 15 is 0 Å². The van der Waals surface area contributed by atoms with Crippen molar-refractivity contribution >= 4 is 5.91 Å². The van der Waals surface area contributed by atoms with E-state index in [1.807, 2.05) is 0 Å². The summed E-state index contributed by atoms with van der Waals surface area (Å²) in [5.41, 5.74) is 0. The predicted octanol–water partition coefficient (Wildman–Crippen LogP) is -0.567. The van der Waals surface area contributed by atoms with Crippen molar-refractivity contribution in [1.82, 2.24) is 15.5 Å². The van der Waals surface area contributed by atoms with Gasteiger partial charge < -0.3 is 20.3 Å². The van der Waals surface area contributed by atoms with Crippen LogP contribution < -0.4 is 10.6 Å². The van der Waals surface area contributed by atoms with Crippen molar-refractivity contribution in [2.24, 2.45) is 0 Å². The average Bonchev–Trinajstić information content (AvgIpc) is 2.65. The fraction of sp³-hybridized carbons (Fsp3) is 0.909. The molecular formula is C11H23N3O2. The lowest BCUT2D eigenvalue weighted by molar-refractivity contribution is -0.121. The van der Waals surface area contributed by atoms with Crippen LogP contribution in [0.4, 0.5) is 0 Å². The molecule has 1 aliphatic heterocycles. The minimum absolute atomic E-state index is 0.0934. The summed E-state index contributed by atoms with van der Waals surface area (Å²) in [5.74, 6) is 0.0934. The van der Waals surface area contributed by atoms with E-state index in [9.17, 15) is 4.79 Å². The monoisotopic (exact) mass is 229 g/mol. The summed E-state index contributed by atoms with van der Waals surface area (Å²) in [7, 11) is 3.75. The van der Waals surface area contributed by atoms with E-state index in [-0.39, 0.29) is 5.91 Å². The Kier molecular flexibility index (Phi) is 6.37. The molecule has 1 saturated heterocycles. The molecule has 0 spiro atoms. The summed E-state index contributed by atoms with van der Waals surface area (Å²) >= 11 is 0. The van der Waals surface area contributed by atoms with Gasteiger partial charge in [-0.05, 0) is 20.0 Å². The van der Waals surface area contributed by atoms with E-state index in [1.54, 1.807) is 7.11 Å². The number of likely N-dealkylation sites (tertiary alicyclic amines) is 1. The van der Waals surface area contributed by atoms with Crippen LogP contribution in [0.5, 0.6) is 0 Å². The van der Waals surface area contributed by atoms with Gasteiger partial charge in [-0.3, -0.25) is 4.79 Å². The Morgan fingerprint density at radius 3 is 2.94 bits per heavy atom. The predicted molar refractivity (Wildman–Crippen MR) is 63.4 cm³/mol. The van der Waals surface area contributed by atoms with Crippen molar-refractivity contribution < 1.29 is 9.53 Å². The molecule has 1 unspecified atom stereocenters. The van der Waals surface area contributed by atoms with Crippen LogP contribution in [-0.4, -0.2) is 63.8 Å². The fourth-order valence-corrected chi connectivity index (χ4v) is 1.87. The van der Waals surface area contributed by atoms with Crippen LogP contribution in [0.1, 0.15) is 12.8 Å². The van der Waals surface area contributed by atoms with Crippen molar-refractivity contribution in [2.45, 2.75) is 18.9 Å². The smallest absolute Gasteiger partial charge is 0.221 e. The number of rotatable bonds is 7. The molecule has 1 fully saturated rings. The van der Waals surface area contributed by atoms with Gasteiger partial charge in [0.2, 0.25) is 5.91 Å². The number of amides is 1. The molecule has 5 nitrogen and oxygen atoms in total. The molecule has 0 aromatic rings. The van der Waals surface area contributed by atoms with E-state index < -0.39 is 0 Å². The number of methoxy groups -OCH3 is 1. The van der Waals surface area contributed by atoms with E-state index in [4.69, 9.17) is 4.74 Å². The molecule has 0 bridgehead atoms. The summed E-state index contributed by atoms with van der Waals surface area (Å²) in [6, 6.07) is 0.553. The molecule has 1 aliphatic rings. The standard InChI is InChI=1S/C11H23N3O2/c1-14-7-4-10(9-14)12-5-3-11(15)13-6-8-16-2/h10,12H,3-9H2,1-2H3,(H,13,15). The topological polar surface area (TPSA) is 53.6 Å². The first kappa shape index (κ1) is 13.4. The Bertz CT molecular complexity index is 211. The van der Waals surface area contributed by atoms with E-state index in [2.05, 4.69) is 22.6 Å². The molecule has 5 heteroatoms. The fourth-order valence-electron chi connectivity index (χ4n) is 1.87. The zero-order valence-corrected chi connectivity index (χ0v) is 10.3. The number of nitrogens with one attached hydrogen (secondary N) is 2. The van der Waals surface area contributed by atoms with E-state index in [1.165, 1.54) is 6.42 Å². The maximum Gasteiger partial charge on any atom is 0.221 e. The third-order valence-electron chi connectivity index (χ3n) is 2.80. The molecule has 1 rings (SSSR count). The van der Waals surface area contributed by atoms with Gasteiger partial charge in [-0.25, -0.2) is 0 Å².